The van der Waals surface area contributed by atoms with Gasteiger partial charge in [-0.05, 0) is 31.5 Å². The lowest BCUT2D eigenvalue weighted by Gasteiger charge is -2.11. The highest BCUT2D eigenvalue weighted by Gasteiger charge is 2.14. The minimum Gasteiger partial charge on any atom is -0.254 e. The summed E-state index contributed by atoms with van der Waals surface area (Å²) >= 11 is 0. The van der Waals surface area contributed by atoms with Crippen LogP contribution in [0.2, 0.25) is 0 Å². The highest BCUT2D eigenvalue weighted by molar-refractivity contribution is 7.85. The number of hydrogen-bond donors (Lipinski definition) is 0. The largest absolute Gasteiger partial charge is 0.254 e. The van der Waals surface area contributed by atoms with E-state index in [2.05, 4.69) is 0 Å². The third kappa shape index (κ3) is 2.83. The molecule has 0 saturated heterocycles. The molecule has 2 atom stereocenters. The van der Waals surface area contributed by atoms with Crippen LogP contribution in [-0.4, -0.2) is 4.21 Å². The molecule has 0 aromatic heterocycles. The molecule has 1 unspecified atom stereocenters. The van der Waals surface area contributed by atoms with Gasteiger partial charge < -0.3 is 0 Å². The number of benzene rings is 2. The first-order valence-electron chi connectivity index (χ1n) is 5.70. The summed E-state index contributed by atoms with van der Waals surface area (Å²) in [7, 11) is -0.987. The summed E-state index contributed by atoms with van der Waals surface area (Å²) in [6.45, 7) is 4.04. The summed E-state index contributed by atoms with van der Waals surface area (Å²) < 4.78 is 12.4. The Bertz CT molecular complexity index is 502. The number of rotatable bonds is 3. The molecule has 17 heavy (non-hydrogen) atoms. The fraction of sp³-hybridized carbons (Fsp3) is 0.200. The van der Waals surface area contributed by atoms with Crippen molar-refractivity contribution in [1.29, 1.82) is 0 Å². The van der Waals surface area contributed by atoms with Gasteiger partial charge in [0, 0.05) is 4.90 Å². The summed E-state index contributed by atoms with van der Waals surface area (Å²) in [5, 5.41) is 0.0268. The zero-order valence-electron chi connectivity index (χ0n) is 10.1. The molecular weight excluding hydrogens is 228 g/mol. The Morgan fingerprint density at radius 2 is 1.53 bits per heavy atom. The van der Waals surface area contributed by atoms with Gasteiger partial charge in [0.1, 0.15) is 0 Å². The second-order valence-electron chi connectivity index (χ2n) is 4.16. The minimum atomic E-state index is -0.987. The average Bonchev–Trinajstić information content (AvgIpc) is 2.39. The van der Waals surface area contributed by atoms with Gasteiger partial charge in [-0.3, -0.25) is 4.21 Å². The third-order valence-electron chi connectivity index (χ3n) is 2.84. The Morgan fingerprint density at radius 1 is 0.941 bits per heavy atom. The number of hydrogen-bond acceptors (Lipinski definition) is 1. The molecule has 1 nitrogen and oxygen atoms in total. The van der Waals surface area contributed by atoms with Crippen molar-refractivity contribution in [2.45, 2.75) is 24.0 Å². The van der Waals surface area contributed by atoms with E-state index < -0.39 is 10.8 Å². The highest BCUT2D eigenvalue weighted by Crippen LogP contribution is 2.24. The molecule has 2 heteroatoms. The van der Waals surface area contributed by atoms with Crippen LogP contribution in [0.4, 0.5) is 0 Å². The molecule has 88 valence electrons. The standard InChI is InChI=1S/C15H16OS/c1-12-8-10-15(11-9-12)17(16)13(2)14-6-4-3-5-7-14/h3-11,13H,1-2H3/t13-,17?/m1/s1. The molecule has 0 aliphatic carbocycles. The van der Waals surface area contributed by atoms with Crippen LogP contribution >= 0.6 is 0 Å². The number of aryl methyl sites for hydroxylation is 1. The van der Waals surface area contributed by atoms with Crippen molar-refractivity contribution in [3.63, 3.8) is 0 Å². The van der Waals surface area contributed by atoms with Crippen molar-refractivity contribution in [1.82, 2.24) is 0 Å². The molecule has 0 heterocycles. The van der Waals surface area contributed by atoms with E-state index >= 15 is 0 Å². The van der Waals surface area contributed by atoms with Gasteiger partial charge in [0.2, 0.25) is 0 Å². The van der Waals surface area contributed by atoms with E-state index in [4.69, 9.17) is 0 Å². The van der Waals surface area contributed by atoms with Crippen molar-refractivity contribution in [2.24, 2.45) is 0 Å². The molecule has 0 spiro atoms. The van der Waals surface area contributed by atoms with Crippen LogP contribution in [0.15, 0.2) is 59.5 Å². The summed E-state index contributed by atoms with van der Waals surface area (Å²) in [4.78, 5) is 0.895. The molecule has 0 radical (unpaired) electrons. The zero-order valence-corrected chi connectivity index (χ0v) is 10.9. The quantitative estimate of drug-likeness (QED) is 0.801. The Balaban J connectivity index is 2.23. The fourth-order valence-corrected chi connectivity index (χ4v) is 2.94. The second-order valence-corrected chi connectivity index (χ2v) is 5.94. The van der Waals surface area contributed by atoms with E-state index in [9.17, 15) is 4.21 Å². The van der Waals surface area contributed by atoms with E-state index in [0.717, 1.165) is 10.5 Å². The fourth-order valence-electron chi connectivity index (χ4n) is 1.72. The maximum Gasteiger partial charge on any atom is 0.0615 e. The van der Waals surface area contributed by atoms with Gasteiger partial charge in [0.25, 0.3) is 0 Å². The van der Waals surface area contributed by atoms with Gasteiger partial charge >= 0.3 is 0 Å². The summed E-state index contributed by atoms with van der Waals surface area (Å²) in [5.74, 6) is 0. The normalized spacial score (nSPS) is 14.2. The van der Waals surface area contributed by atoms with Crippen LogP contribution in [-0.2, 0) is 10.8 Å². The van der Waals surface area contributed by atoms with Crippen molar-refractivity contribution in [3.8, 4) is 0 Å². The van der Waals surface area contributed by atoms with Crippen LogP contribution in [0.25, 0.3) is 0 Å². The Hall–Kier alpha value is -1.41. The first-order chi connectivity index (χ1) is 8.18. The van der Waals surface area contributed by atoms with Gasteiger partial charge in [-0.2, -0.15) is 0 Å². The molecule has 0 aliphatic heterocycles. The Kier molecular flexibility index (Phi) is 3.75. The molecule has 0 fully saturated rings. The second kappa shape index (κ2) is 5.28. The molecule has 2 aromatic carbocycles. The average molecular weight is 244 g/mol. The van der Waals surface area contributed by atoms with E-state index in [-0.39, 0.29) is 5.25 Å². The molecule has 2 aromatic rings. The molecular formula is C15H16OS. The first-order valence-corrected chi connectivity index (χ1v) is 6.92. The minimum absolute atomic E-state index is 0.0268. The van der Waals surface area contributed by atoms with Crippen LogP contribution in [0.3, 0.4) is 0 Å². The highest BCUT2D eigenvalue weighted by atomic mass is 32.2. The molecule has 0 N–H and O–H groups in total. The van der Waals surface area contributed by atoms with Gasteiger partial charge in [0.15, 0.2) is 0 Å². The summed E-state index contributed by atoms with van der Waals surface area (Å²) in [6.07, 6.45) is 0. The van der Waals surface area contributed by atoms with Crippen LogP contribution < -0.4 is 0 Å². The molecule has 0 amide bonds. The van der Waals surface area contributed by atoms with E-state index in [1.54, 1.807) is 0 Å². The van der Waals surface area contributed by atoms with Gasteiger partial charge in [-0.1, -0.05) is 48.0 Å². The lowest BCUT2D eigenvalue weighted by molar-refractivity contribution is 0.676. The molecule has 0 aliphatic rings. The maximum atomic E-state index is 12.4. The first kappa shape index (κ1) is 12.1. The van der Waals surface area contributed by atoms with E-state index in [1.165, 1.54) is 5.56 Å². The third-order valence-corrected chi connectivity index (χ3v) is 4.49. The lowest BCUT2D eigenvalue weighted by Crippen LogP contribution is -2.02. The van der Waals surface area contributed by atoms with Crippen molar-refractivity contribution in [3.05, 3.63) is 65.7 Å². The summed E-state index contributed by atoms with van der Waals surface area (Å²) in [6, 6.07) is 17.9. The topological polar surface area (TPSA) is 17.1 Å². The Morgan fingerprint density at radius 3 is 2.12 bits per heavy atom. The SMILES string of the molecule is Cc1ccc(S(=O)[C@H](C)c2ccccc2)cc1. The van der Waals surface area contributed by atoms with Crippen LogP contribution in [0.5, 0.6) is 0 Å². The predicted octanol–water partition coefficient (Wildman–Crippen LogP) is 3.86. The van der Waals surface area contributed by atoms with Crippen molar-refractivity contribution < 1.29 is 4.21 Å². The van der Waals surface area contributed by atoms with E-state index in [1.807, 2.05) is 68.4 Å². The molecule has 0 bridgehead atoms. The summed E-state index contributed by atoms with van der Waals surface area (Å²) in [5.41, 5.74) is 2.31. The van der Waals surface area contributed by atoms with Crippen molar-refractivity contribution in [2.75, 3.05) is 0 Å². The van der Waals surface area contributed by atoms with E-state index in [0.29, 0.717) is 0 Å². The smallest absolute Gasteiger partial charge is 0.0615 e. The van der Waals surface area contributed by atoms with Crippen LogP contribution in [0, 0.1) is 6.92 Å². The predicted molar refractivity (Wildman–Crippen MR) is 72.4 cm³/mol. The molecule has 2 rings (SSSR count). The van der Waals surface area contributed by atoms with Gasteiger partial charge in [-0.25, -0.2) is 0 Å². The van der Waals surface area contributed by atoms with Gasteiger partial charge in [0.05, 0.1) is 16.0 Å². The maximum absolute atomic E-state index is 12.4. The van der Waals surface area contributed by atoms with Crippen molar-refractivity contribution >= 4 is 10.8 Å². The van der Waals surface area contributed by atoms with Crippen LogP contribution in [0.1, 0.15) is 23.3 Å². The Labute approximate surface area is 105 Å². The van der Waals surface area contributed by atoms with Gasteiger partial charge in [-0.15, -0.1) is 0 Å². The monoisotopic (exact) mass is 244 g/mol. The zero-order chi connectivity index (χ0) is 12.3. The lowest BCUT2D eigenvalue weighted by atomic mass is 10.2. The molecule has 0 saturated carbocycles.